The molecule has 1 aromatic heterocycles. The van der Waals surface area contributed by atoms with E-state index in [4.69, 9.17) is 0 Å². The van der Waals surface area contributed by atoms with Crippen LogP contribution in [0.3, 0.4) is 0 Å². The smallest absolute Gasteiger partial charge is 0.324 e. The van der Waals surface area contributed by atoms with E-state index in [-0.39, 0.29) is 13.0 Å². The molecule has 24 heavy (non-hydrogen) atoms. The Morgan fingerprint density at radius 2 is 2.12 bits per heavy atom. The number of nitrogens with one attached hydrogen (secondary N) is 1. The van der Waals surface area contributed by atoms with E-state index in [9.17, 15) is 18.0 Å². The maximum Gasteiger partial charge on any atom is 0.393 e. The Kier molecular flexibility index (Phi) is 4.46. The van der Waals surface area contributed by atoms with Crippen LogP contribution in [0.2, 0.25) is 0 Å². The Hall–Kier alpha value is -2.51. The molecule has 0 radical (unpaired) electrons. The first-order valence-electron chi connectivity index (χ1n) is 7.66. The van der Waals surface area contributed by atoms with Crippen LogP contribution in [0.5, 0.6) is 0 Å². The van der Waals surface area contributed by atoms with Crippen molar-refractivity contribution in [2.24, 2.45) is 5.92 Å². The van der Waals surface area contributed by atoms with Gasteiger partial charge in [-0.05, 0) is 37.1 Å². The van der Waals surface area contributed by atoms with E-state index in [0.29, 0.717) is 18.7 Å². The van der Waals surface area contributed by atoms with Crippen LogP contribution < -0.4 is 5.32 Å². The first-order chi connectivity index (χ1) is 11.4. The fourth-order valence-electron chi connectivity index (χ4n) is 2.78. The van der Waals surface area contributed by atoms with Crippen molar-refractivity contribution in [3.8, 4) is 5.69 Å². The third kappa shape index (κ3) is 3.69. The first kappa shape index (κ1) is 16.4. The summed E-state index contributed by atoms with van der Waals surface area (Å²) in [7, 11) is 0. The van der Waals surface area contributed by atoms with Crippen LogP contribution in [0.4, 0.5) is 23.7 Å². The van der Waals surface area contributed by atoms with Crippen molar-refractivity contribution < 1.29 is 18.0 Å². The van der Waals surface area contributed by atoms with Gasteiger partial charge in [-0.25, -0.2) is 9.48 Å². The highest BCUT2D eigenvalue weighted by atomic mass is 19.4. The highest BCUT2D eigenvalue weighted by Gasteiger charge is 2.42. The number of rotatable bonds is 2. The number of piperidine rings is 1. The van der Waals surface area contributed by atoms with Crippen molar-refractivity contribution in [1.82, 2.24) is 14.7 Å². The Balaban J connectivity index is 1.68. The third-order valence-corrected chi connectivity index (χ3v) is 4.04. The summed E-state index contributed by atoms with van der Waals surface area (Å²) in [6.45, 7) is 0.0332. The molecule has 0 spiro atoms. The zero-order valence-electron chi connectivity index (χ0n) is 12.8. The fraction of sp³-hybridized carbons (Fsp3) is 0.375. The number of carbonyl (C=O) groups excluding carboxylic acids is 1. The first-order valence-corrected chi connectivity index (χ1v) is 7.66. The van der Waals surface area contributed by atoms with Gasteiger partial charge in [-0.15, -0.1) is 0 Å². The monoisotopic (exact) mass is 338 g/mol. The van der Waals surface area contributed by atoms with Gasteiger partial charge < -0.3 is 10.2 Å². The number of likely N-dealkylation sites (tertiary alicyclic amines) is 1. The number of carbonyl (C=O) groups is 1. The summed E-state index contributed by atoms with van der Waals surface area (Å²) in [4.78, 5) is 13.5. The summed E-state index contributed by atoms with van der Waals surface area (Å²) in [5.41, 5.74) is 1.27. The topological polar surface area (TPSA) is 50.2 Å². The van der Waals surface area contributed by atoms with Crippen LogP contribution in [0.15, 0.2) is 42.7 Å². The van der Waals surface area contributed by atoms with Gasteiger partial charge >= 0.3 is 12.2 Å². The molecule has 1 saturated heterocycles. The molecule has 1 atom stereocenters. The second-order valence-electron chi connectivity index (χ2n) is 5.76. The van der Waals surface area contributed by atoms with Crippen LogP contribution >= 0.6 is 0 Å². The maximum atomic E-state index is 12.8. The molecular formula is C16H17F3N4O. The van der Waals surface area contributed by atoms with Crippen molar-refractivity contribution in [1.29, 1.82) is 0 Å². The Morgan fingerprint density at radius 1 is 1.29 bits per heavy atom. The van der Waals surface area contributed by atoms with Gasteiger partial charge in [0, 0.05) is 31.2 Å². The van der Waals surface area contributed by atoms with E-state index in [1.54, 1.807) is 41.3 Å². The van der Waals surface area contributed by atoms with E-state index in [1.165, 1.54) is 4.90 Å². The molecule has 2 aromatic rings. The number of urea groups is 1. The van der Waals surface area contributed by atoms with Crippen molar-refractivity contribution >= 4 is 11.7 Å². The lowest BCUT2D eigenvalue weighted by Crippen LogP contribution is -2.46. The van der Waals surface area contributed by atoms with E-state index < -0.39 is 18.1 Å². The average Bonchev–Trinajstić information content (AvgIpc) is 3.09. The highest BCUT2D eigenvalue weighted by Crippen LogP contribution is 2.33. The molecule has 8 heteroatoms. The number of halogens is 3. The Bertz CT molecular complexity index is 700. The zero-order chi connectivity index (χ0) is 17.2. The molecule has 2 heterocycles. The largest absolute Gasteiger partial charge is 0.393 e. The minimum atomic E-state index is -4.26. The van der Waals surface area contributed by atoms with Gasteiger partial charge in [0.05, 0.1) is 11.6 Å². The number of anilines is 1. The van der Waals surface area contributed by atoms with Crippen LogP contribution in [0, 0.1) is 5.92 Å². The number of benzene rings is 1. The lowest BCUT2D eigenvalue weighted by Gasteiger charge is -2.33. The summed E-state index contributed by atoms with van der Waals surface area (Å²) in [6.07, 6.45) is -0.443. The molecule has 1 aliphatic rings. The maximum absolute atomic E-state index is 12.8. The molecule has 1 N–H and O–H groups in total. The third-order valence-electron chi connectivity index (χ3n) is 4.04. The van der Waals surface area contributed by atoms with Crippen LogP contribution in [0.1, 0.15) is 12.8 Å². The van der Waals surface area contributed by atoms with E-state index in [1.807, 2.05) is 6.07 Å². The summed E-state index contributed by atoms with van der Waals surface area (Å²) in [5, 5.41) is 6.77. The van der Waals surface area contributed by atoms with E-state index >= 15 is 0 Å². The minimum absolute atomic E-state index is 0.0715. The normalized spacial score (nSPS) is 18.5. The molecule has 128 valence electrons. The standard InChI is InChI=1S/C16H17F3N4O/c17-16(18,19)12-4-2-8-22(11-12)15(24)21-13-5-1-6-14(10-13)23-9-3-7-20-23/h1,3,5-7,9-10,12H,2,4,8,11H2,(H,21,24)/t12-/m1/s1. The molecule has 0 bridgehead atoms. The average molecular weight is 338 g/mol. The van der Waals surface area contributed by atoms with Crippen LogP contribution in [-0.4, -0.2) is 40.0 Å². The molecule has 0 saturated carbocycles. The van der Waals surface area contributed by atoms with Crippen molar-refractivity contribution in [2.75, 3.05) is 18.4 Å². The Morgan fingerprint density at radius 3 is 2.83 bits per heavy atom. The minimum Gasteiger partial charge on any atom is -0.324 e. The molecule has 0 unspecified atom stereocenters. The second-order valence-corrected chi connectivity index (χ2v) is 5.76. The lowest BCUT2D eigenvalue weighted by atomic mass is 9.98. The summed E-state index contributed by atoms with van der Waals surface area (Å²) in [5.74, 6) is -1.45. The molecule has 2 amide bonds. The molecule has 1 fully saturated rings. The fourth-order valence-corrected chi connectivity index (χ4v) is 2.78. The van der Waals surface area contributed by atoms with Gasteiger partial charge in [0.15, 0.2) is 0 Å². The van der Waals surface area contributed by atoms with Crippen molar-refractivity contribution in [2.45, 2.75) is 19.0 Å². The predicted molar refractivity (Wildman–Crippen MR) is 82.9 cm³/mol. The highest BCUT2D eigenvalue weighted by molar-refractivity contribution is 5.89. The predicted octanol–water partition coefficient (Wildman–Crippen LogP) is 3.68. The number of hydrogen-bond acceptors (Lipinski definition) is 2. The number of nitrogens with zero attached hydrogens (tertiary/aromatic N) is 3. The van der Waals surface area contributed by atoms with Gasteiger partial charge in [-0.2, -0.15) is 18.3 Å². The quantitative estimate of drug-likeness (QED) is 0.908. The molecule has 1 aliphatic heterocycles. The summed E-state index contributed by atoms with van der Waals surface area (Å²) < 4.78 is 40.2. The number of amides is 2. The van der Waals surface area contributed by atoms with E-state index in [0.717, 1.165) is 5.69 Å². The van der Waals surface area contributed by atoms with Crippen molar-refractivity contribution in [3.05, 3.63) is 42.7 Å². The molecule has 5 nitrogen and oxygen atoms in total. The number of alkyl halides is 3. The van der Waals surface area contributed by atoms with Gasteiger partial charge in [0.1, 0.15) is 0 Å². The number of hydrogen-bond donors (Lipinski definition) is 1. The molecule has 1 aromatic carbocycles. The molecule has 3 rings (SSSR count). The zero-order valence-corrected chi connectivity index (χ0v) is 12.8. The van der Waals surface area contributed by atoms with Crippen LogP contribution in [0.25, 0.3) is 5.69 Å². The second kappa shape index (κ2) is 6.54. The van der Waals surface area contributed by atoms with Gasteiger partial charge in [-0.3, -0.25) is 0 Å². The van der Waals surface area contributed by atoms with Gasteiger partial charge in [0.25, 0.3) is 0 Å². The van der Waals surface area contributed by atoms with Crippen molar-refractivity contribution in [3.63, 3.8) is 0 Å². The molecule has 0 aliphatic carbocycles. The lowest BCUT2D eigenvalue weighted by molar-refractivity contribution is -0.183. The number of aromatic nitrogens is 2. The molecular weight excluding hydrogens is 321 g/mol. The van der Waals surface area contributed by atoms with Gasteiger partial charge in [0.2, 0.25) is 0 Å². The Labute approximate surface area is 137 Å². The van der Waals surface area contributed by atoms with E-state index in [2.05, 4.69) is 10.4 Å². The van der Waals surface area contributed by atoms with Gasteiger partial charge in [-0.1, -0.05) is 6.07 Å². The SMILES string of the molecule is O=C(Nc1cccc(-n2cccn2)c1)N1CCC[C@@H](C(F)(F)F)C1. The summed E-state index contributed by atoms with van der Waals surface area (Å²) in [6, 6.07) is 8.24. The summed E-state index contributed by atoms with van der Waals surface area (Å²) >= 11 is 0. The van der Waals surface area contributed by atoms with Crippen LogP contribution in [-0.2, 0) is 0 Å².